The van der Waals surface area contributed by atoms with E-state index in [0.717, 1.165) is 30.9 Å². The zero-order chi connectivity index (χ0) is 23.4. The van der Waals surface area contributed by atoms with Crippen molar-refractivity contribution in [3.63, 3.8) is 0 Å². The molecular weight excluding hydrogens is 438 g/mol. The first-order valence-corrected chi connectivity index (χ1v) is 12.4. The van der Waals surface area contributed by atoms with E-state index in [9.17, 15) is 9.59 Å². The van der Waals surface area contributed by atoms with Gasteiger partial charge >= 0.3 is 0 Å². The molecule has 8 heteroatoms. The average Bonchev–Trinajstić information content (AvgIpc) is 3.29. The number of ether oxygens (including phenoxy) is 2. The molecule has 3 atom stereocenters. The Kier molecular flexibility index (Phi) is 7.57. The molecule has 0 spiro atoms. The van der Waals surface area contributed by atoms with Crippen LogP contribution in [0.4, 0.5) is 5.69 Å². The highest BCUT2D eigenvalue weighted by molar-refractivity contribution is 7.99. The van der Waals surface area contributed by atoms with E-state index in [1.807, 2.05) is 24.3 Å². The van der Waals surface area contributed by atoms with Gasteiger partial charge in [-0.2, -0.15) is 0 Å². The van der Waals surface area contributed by atoms with Gasteiger partial charge < -0.3 is 19.7 Å². The van der Waals surface area contributed by atoms with Crippen molar-refractivity contribution < 1.29 is 19.1 Å². The van der Waals surface area contributed by atoms with Gasteiger partial charge in [0.25, 0.3) is 5.91 Å². The summed E-state index contributed by atoms with van der Waals surface area (Å²) in [5.74, 6) is 1.52. The largest absolute Gasteiger partial charge is 0.497 e. The van der Waals surface area contributed by atoms with Crippen molar-refractivity contribution in [1.82, 2.24) is 9.80 Å². The summed E-state index contributed by atoms with van der Waals surface area (Å²) in [7, 11) is 1.60. The van der Waals surface area contributed by atoms with Gasteiger partial charge in [-0.1, -0.05) is 12.1 Å². The van der Waals surface area contributed by atoms with Crippen molar-refractivity contribution in [2.24, 2.45) is 0 Å². The zero-order valence-electron chi connectivity index (χ0n) is 19.3. The van der Waals surface area contributed by atoms with Gasteiger partial charge in [0, 0.05) is 36.6 Å². The first-order chi connectivity index (χ1) is 15.9. The highest BCUT2D eigenvalue weighted by atomic mass is 32.2. The van der Waals surface area contributed by atoms with Gasteiger partial charge in [-0.15, -0.1) is 11.8 Å². The monoisotopic (exact) mass is 469 g/mol. The van der Waals surface area contributed by atoms with E-state index in [-0.39, 0.29) is 24.0 Å². The standard InChI is InChI=1S/C25H31N3O4S/c1-17-12-27(13-18(2)32-17)14-19-4-6-20(7-5-19)25(30)28-16-33-15-23(28)24(29)26-21-8-10-22(31-3)11-9-21/h4-11,17-18,23H,12-16H2,1-3H3,(H,26,29). The molecule has 2 aliphatic rings. The fourth-order valence-corrected chi connectivity index (χ4v) is 5.50. The topological polar surface area (TPSA) is 71.1 Å². The molecule has 176 valence electrons. The molecule has 1 N–H and O–H groups in total. The lowest BCUT2D eigenvalue weighted by Crippen LogP contribution is -2.45. The van der Waals surface area contributed by atoms with Crippen LogP contribution < -0.4 is 10.1 Å². The van der Waals surface area contributed by atoms with Crippen LogP contribution in [-0.2, 0) is 16.1 Å². The summed E-state index contributed by atoms with van der Waals surface area (Å²) < 4.78 is 11.0. The Morgan fingerprint density at radius 3 is 2.36 bits per heavy atom. The number of carbonyl (C=O) groups excluding carboxylic acids is 2. The van der Waals surface area contributed by atoms with Crippen molar-refractivity contribution in [1.29, 1.82) is 0 Å². The maximum atomic E-state index is 13.2. The van der Waals surface area contributed by atoms with E-state index in [1.165, 1.54) is 0 Å². The van der Waals surface area contributed by atoms with Crippen LogP contribution in [0.5, 0.6) is 5.75 Å². The molecule has 2 amide bonds. The number of rotatable bonds is 6. The third-order valence-electron chi connectivity index (χ3n) is 5.91. The number of benzene rings is 2. The van der Waals surface area contributed by atoms with Gasteiger partial charge in [0.15, 0.2) is 0 Å². The number of nitrogens with zero attached hydrogens (tertiary/aromatic N) is 2. The molecule has 0 bridgehead atoms. The number of hydrogen-bond acceptors (Lipinski definition) is 6. The summed E-state index contributed by atoms with van der Waals surface area (Å²) >= 11 is 1.59. The molecule has 0 aromatic heterocycles. The molecule has 2 aliphatic heterocycles. The summed E-state index contributed by atoms with van der Waals surface area (Å²) in [5, 5.41) is 2.92. The molecule has 33 heavy (non-hydrogen) atoms. The lowest BCUT2D eigenvalue weighted by Gasteiger charge is -2.35. The minimum atomic E-state index is -0.499. The quantitative estimate of drug-likeness (QED) is 0.699. The summed E-state index contributed by atoms with van der Waals surface area (Å²) in [6.45, 7) is 6.83. The molecule has 0 saturated carbocycles. The molecule has 2 aromatic rings. The number of anilines is 1. The van der Waals surface area contributed by atoms with E-state index in [0.29, 0.717) is 22.9 Å². The predicted molar refractivity (Wildman–Crippen MR) is 131 cm³/mol. The zero-order valence-corrected chi connectivity index (χ0v) is 20.1. The molecular formula is C25H31N3O4S. The van der Waals surface area contributed by atoms with Crippen LogP contribution in [0.1, 0.15) is 29.8 Å². The average molecular weight is 470 g/mol. The summed E-state index contributed by atoms with van der Waals surface area (Å²) in [6.07, 6.45) is 0.450. The minimum Gasteiger partial charge on any atom is -0.497 e. The SMILES string of the molecule is COc1ccc(NC(=O)C2CSCN2C(=O)c2ccc(CN3CC(C)OC(C)C3)cc2)cc1. The summed E-state index contributed by atoms with van der Waals surface area (Å²) in [6, 6.07) is 14.4. The molecule has 3 unspecified atom stereocenters. The van der Waals surface area contributed by atoms with Gasteiger partial charge in [-0.25, -0.2) is 0 Å². The Balaban J connectivity index is 1.37. The first-order valence-electron chi connectivity index (χ1n) is 11.2. The molecule has 4 rings (SSSR count). The second-order valence-electron chi connectivity index (χ2n) is 8.66. The Hall–Kier alpha value is -2.55. The van der Waals surface area contributed by atoms with Gasteiger partial charge in [-0.3, -0.25) is 14.5 Å². The van der Waals surface area contributed by atoms with Gasteiger partial charge in [0.1, 0.15) is 11.8 Å². The summed E-state index contributed by atoms with van der Waals surface area (Å²) in [5.41, 5.74) is 2.45. The Bertz CT molecular complexity index is 957. The lowest BCUT2D eigenvalue weighted by atomic mass is 10.1. The van der Waals surface area contributed by atoms with Crippen molar-refractivity contribution in [2.45, 2.75) is 38.6 Å². The Labute approximate surface area is 199 Å². The van der Waals surface area contributed by atoms with Crippen LogP contribution in [0.25, 0.3) is 0 Å². The number of carbonyl (C=O) groups is 2. The molecule has 0 aliphatic carbocycles. The number of methoxy groups -OCH3 is 1. The second-order valence-corrected chi connectivity index (χ2v) is 9.66. The molecule has 7 nitrogen and oxygen atoms in total. The predicted octanol–water partition coefficient (Wildman–Crippen LogP) is 3.46. The summed E-state index contributed by atoms with van der Waals surface area (Å²) in [4.78, 5) is 30.1. The van der Waals surface area contributed by atoms with E-state index >= 15 is 0 Å². The smallest absolute Gasteiger partial charge is 0.255 e. The molecule has 2 fully saturated rings. The van der Waals surface area contributed by atoms with Crippen LogP contribution in [0.3, 0.4) is 0 Å². The fraction of sp³-hybridized carbons (Fsp3) is 0.440. The van der Waals surface area contributed by atoms with E-state index in [4.69, 9.17) is 9.47 Å². The van der Waals surface area contributed by atoms with E-state index in [1.54, 1.807) is 48.0 Å². The number of nitrogens with one attached hydrogen (secondary N) is 1. The van der Waals surface area contributed by atoms with Crippen LogP contribution in [0, 0.1) is 0 Å². The van der Waals surface area contributed by atoms with Crippen LogP contribution in [0.2, 0.25) is 0 Å². The van der Waals surface area contributed by atoms with Crippen LogP contribution in [0.15, 0.2) is 48.5 Å². The Morgan fingerprint density at radius 1 is 1.06 bits per heavy atom. The van der Waals surface area contributed by atoms with Crippen molar-refractivity contribution in [3.05, 3.63) is 59.7 Å². The lowest BCUT2D eigenvalue weighted by molar-refractivity contribution is -0.119. The number of amides is 2. The highest BCUT2D eigenvalue weighted by Crippen LogP contribution is 2.25. The van der Waals surface area contributed by atoms with Crippen molar-refractivity contribution >= 4 is 29.3 Å². The molecule has 0 radical (unpaired) electrons. The maximum Gasteiger partial charge on any atom is 0.255 e. The number of morpholine rings is 1. The van der Waals surface area contributed by atoms with Crippen LogP contribution >= 0.6 is 11.8 Å². The first kappa shape index (κ1) is 23.6. The Morgan fingerprint density at radius 2 is 1.73 bits per heavy atom. The van der Waals surface area contributed by atoms with E-state index in [2.05, 4.69) is 24.1 Å². The minimum absolute atomic E-state index is 0.116. The number of thioether (sulfide) groups is 1. The van der Waals surface area contributed by atoms with Crippen molar-refractivity contribution in [2.75, 3.05) is 37.1 Å². The van der Waals surface area contributed by atoms with Gasteiger partial charge in [0.05, 0.1) is 25.2 Å². The van der Waals surface area contributed by atoms with Crippen molar-refractivity contribution in [3.8, 4) is 5.75 Å². The fourth-order valence-electron chi connectivity index (χ4n) is 4.35. The van der Waals surface area contributed by atoms with E-state index < -0.39 is 6.04 Å². The highest BCUT2D eigenvalue weighted by Gasteiger charge is 2.35. The molecule has 2 aromatic carbocycles. The maximum absolute atomic E-state index is 13.2. The van der Waals surface area contributed by atoms with Gasteiger partial charge in [0.2, 0.25) is 5.91 Å². The van der Waals surface area contributed by atoms with Crippen LogP contribution in [-0.4, -0.2) is 71.7 Å². The molecule has 2 saturated heterocycles. The molecule has 2 heterocycles. The third kappa shape index (κ3) is 5.88. The third-order valence-corrected chi connectivity index (χ3v) is 6.92. The normalized spacial score (nSPS) is 23.4. The number of hydrogen-bond donors (Lipinski definition) is 1. The van der Waals surface area contributed by atoms with Gasteiger partial charge in [-0.05, 0) is 55.8 Å². The second kappa shape index (κ2) is 10.6.